The molecule has 5 heteroatoms. The number of carbonyl (C=O) groups excluding carboxylic acids is 1. The van der Waals surface area contributed by atoms with Crippen molar-refractivity contribution in [2.45, 2.75) is 25.9 Å². The Hall–Kier alpha value is -1.26. The molecule has 0 aromatic heterocycles. The third-order valence-electron chi connectivity index (χ3n) is 2.42. The fourth-order valence-corrected chi connectivity index (χ4v) is 1.56. The van der Waals surface area contributed by atoms with Crippen LogP contribution < -0.4 is 4.74 Å². The molecule has 0 bridgehead atoms. The zero-order valence-corrected chi connectivity index (χ0v) is 11.7. The Morgan fingerprint density at radius 1 is 1.32 bits per heavy atom. The van der Waals surface area contributed by atoms with Gasteiger partial charge in [-0.2, -0.15) is 0 Å². The van der Waals surface area contributed by atoms with Gasteiger partial charge in [0.2, 0.25) is 0 Å². The van der Waals surface area contributed by atoms with Crippen LogP contribution in [0.5, 0.6) is 5.75 Å². The van der Waals surface area contributed by atoms with Crippen LogP contribution >= 0.6 is 11.6 Å². The largest absolute Gasteiger partial charge is 0.492 e. The normalized spacial score (nSPS) is 11.9. The number of rotatable bonds is 8. The summed E-state index contributed by atoms with van der Waals surface area (Å²) in [6, 6.07) is 7.18. The molecule has 0 spiro atoms. The SMILES string of the molecule is CCCOC(=O)[C@@H](O)Cc1ccc(OCCCl)cc1. The molecule has 0 aliphatic rings. The summed E-state index contributed by atoms with van der Waals surface area (Å²) < 4.78 is 10.2. The molecule has 4 nitrogen and oxygen atoms in total. The summed E-state index contributed by atoms with van der Waals surface area (Å²) in [6.45, 7) is 2.69. The van der Waals surface area contributed by atoms with Crippen LogP contribution in [0.3, 0.4) is 0 Å². The van der Waals surface area contributed by atoms with Crippen molar-refractivity contribution in [3.63, 3.8) is 0 Å². The number of hydrogen-bond donors (Lipinski definition) is 1. The number of aliphatic hydroxyl groups excluding tert-OH is 1. The summed E-state index contributed by atoms with van der Waals surface area (Å²) in [6.07, 6.45) is -0.148. The van der Waals surface area contributed by atoms with E-state index in [1.807, 2.05) is 6.92 Å². The van der Waals surface area contributed by atoms with Crippen molar-refractivity contribution in [2.75, 3.05) is 19.1 Å². The van der Waals surface area contributed by atoms with Gasteiger partial charge in [0, 0.05) is 6.42 Å². The summed E-state index contributed by atoms with van der Waals surface area (Å²) in [5.41, 5.74) is 0.846. The van der Waals surface area contributed by atoms with Crippen LogP contribution in [0, 0.1) is 0 Å². The number of alkyl halides is 1. The molecule has 0 fully saturated rings. The standard InChI is InChI=1S/C14H19ClO4/c1-2-8-19-14(17)13(16)10-11-3-5-12(6-4-11)18-9-7-15/h3-6,13,16H,2,7-10H2,1H3/t13-/m0/s1. The van der Waals surface area contributed by atoms with Gasteiger partial charge in [-0.1, -0.05) is 19.1 Å². The number of carbonyl (C=O) groups is 1. The molecule has 1 atom stereocenters. The van der Waals surface area contributed by atoms with Gasteiger partial charge in [-0.15, -0.1) is 11.6 Å². The maximum absolute atomic E-state index is 11.4. The predicted molar refractivity (Wildman–Crippen MR) is 73.6 cm³/mol. The lowest BCUT2D eigenvalue weighted by molar-refractivity contribution is -0.153. The van der Waals surface area contributed by atoms with Gasteiger partial charge >= 0.3 is 5.97 Å². The molecule has 19 heavy (non-hydrogen) atoms. The summed E-state index contributed by atoms with van der Waals surface area (Å²) in [5.74, 6) is 0.570. The molecule has 1 N–H and O–H groups in total. The van der Waals surface area contributed by atoms with Gasteiger partial charge in [0.1, 0.15) is 12.4 Å². The highest BCUT2D eigenvalue weighted by Crippen LogP contribution is 2.14. The van der Waals surface area contributed by atoms with Crippen molar-refractivity contribution in [3.05, 3.63) is 29.8 Å². The van der Waals surface area contributed by atoms with Crippen LogP contribution in [0.4, 0.5) is 0 Å². The molecule has 0 radical (unpaired) electrons. The van der Waals surface area contributed by atoms with Gasteiger partial charge in [0.15, 0.2) is 6.10 Å². The van der Waals surface area contributed by atoms with E-state index in [0.717, 1.165) is 12.0 Å². The molecule has 1 rings (SSSR count). The molecular formula is C14H19ClO4. The maximum atomic E-state index is 11.4. The number of esters is 1. The Labute approximate surface area is 118 Å². The first-order valence-electron chi connectivity index (χ1n) is 6.29. The summed E-state index contributed by atoms with van der Waals surface area (Å²) in [5, 5.41) is 9.69. The number of benzene rings is 1. The lowest BCUT2D eigenvalue weighted by Gasteiger charge is -2.11. The maximum Gasteiger partial charge on any atom is 0.335 e. The van der Waals surface area contributed by atoms with E-state index < -0.39 is 12.1 Å². The molecule has 106 valence electrons. The second-order valence-corrected chi connectivity index (χ2v) is 4.45. The van der Waals surface area contributed by atoms with E-state index >= 15 is 0 Å². The molecular weight excluding hydrogens is 268 g/mol. The van der Waals surface area contributed by atoms with E-state index in [9.17, 15) is 9.90 Å². The summed E-state index contributed by atoms with van der Waals surface area (Å²) >= 11 is 5.52. The second-order valence-electron chi connectivity index (χ2n) is 4.07. The monoisotopic (exact) mass is 286 g/mol. The van der Waals surface area contributed by atoms with Crippen molar-refractivity contribution >= 4 is 17.6 Å². The molecule has 0 heterocycles. The highest BCUT2D eigenvalue weighted by atomic mass is 35.5. The highest BCUT2D eigenvalue weighted by molar-refractivity contribution is 6.18. The summed E-state index contributed by atoms with van der Waals surface area (Å²) in [4.78, 5) is 11.4. The average molecular weight is 287 g/mol. The van der Waals surface area contributed by atoms with E-state index in [0.29, 0.717) is 24.8 Å². The number of aliphatic hydroxyl groups is 1. The zero-order valence-electron chi connectivity index (χ0n) is 11.0. The van der Waals surface area contributed by atoms with Crippen molar-refractivity contribution in [1.82, 2.24) is 0 Å². The van der Waals surface area contributed by atoms with Crippen molar-refractivity contribution in [1.29, 1.82) is 0 Å². The van der Waals surface area contributed by atoms with Gasteiger partial charge < -0.3 is 14.6 Å². The molecule has 0 saturated heterocycles. The first-order valence-corrected chi connectivity index (χ1v) is 6.83. The Bertz CT molecular complexity index is 378. The van der Waals surface area contributed by atoms with E-state index in [-0.39, 0.29) is 6.42 Å². The lowest BCUT2D eigenvalue weighted by Crippen LogP contribution is -2.25. The van der Waals surface area contributed by atoms with Crippen molar-refractivity contribution in [2.24, 2.45) is 0 Å². The quantitative estimate of drug-likeness (QED) is 0.588. The van der Waals surface area contributed by atoms with Crippen LogP contribution in [0.1, 0.15) is 18.9 Å². The molecule has 1 aromatic rings. The number of ether oxygens (including phenoxy) is 2. The van der Waals surface area contributed by atoms with Crippen LogP contribution in [0.2, 0.25) is 0 Å². The van der Waals surface area contributed by atoms with Gasteiger partial charge in [-0.05, 0) is 24.1 Å². The van der Waals surface area contributed by atoms with Gasteiger partial charge in [0.25, 0.3) is 0 Å². The molecule has 0 unspecified atom stereocenters. The fourth-order valence-electron chi connectivity index (χ4n) is 1.48. The smallest absolute Gasteiger partial charge is 0.335 e. The van der Waals surface area contributed by atoms with E-state index in [1.54, 1.807) is 24.3 Å². The van der Waals surface area contributed by atoms with Crippen molar-refractivity contribution in [3.8, 4) is 5.75 Å². The van der Waals surface area contributed by atoms with Crippen LogP contribution in [-0.4, -0.2) is 36.3 Å². The van der Waals surface area contributed by atoms with Crippen LogP contribution in [0.15, 0.2) is 24.3 Å². The molecule has 0 saturated carbocycles. The van der Waals surface area contributed by atoms with Crippen LogP contribution in [-0.2, 0) is 16.0 Å². The van der Waals surface area contributed by atoms with E-state index in [4.69, 9.17) is 21.1 Å². The average Bonchev–Trinajstić information content (AvgIpc) is 2.43. The molecule has 0 aliphatic heterocycles. The van der Waals surface area contributed by atoms with E-state index in [1.165, 1.54) is 0 Å². The Morgan fingerprint density at radius 3 is 2.58 bits per heavy atom. The number of hydrogen-bond acceptors (Lipinski definition) is 4. The minimum atomic E-state index is -1.12. The lowest BCUT2D eigenvalue weighted by atomic mass is 10.1. The predicted octanol–water partition coefficient (Wildman–Crippen LogP) is 2.16. The second kappa shape index (κ2) is 8.77. The van der Waals surface area contributed by atoms with E-state index in [2.05, 4.69) is 0 Å². The minimum absolute atomic E-state index is 0.234. The first-order chi connectivity index (χ1) is 9.17. The van der Waals surface area contributed by atoms with Gasteiger partial charge in [0.05, 0.1) is 12.5 Å². The molecule has 0 aliphatic carbocycles. The summed E-state index contributed by atoms with van der Waals surface area (Å²) in [7, 11) is 0. The Morgan fingerprint density at radius 2 is 2.00 bits per heavy atom. The Balaban J connectivity index is 2.45. The Kier molecular flexibility index (Phi) is 7.30. The molecule has 0 amide bonds. The highest BCUT2D eigenvalue weighted by Gasteiger charge is 2.16. The molecule has 1 aromatic carbocycles. The van der Waals surface area contributed by atoms with Crippen molar-refractivity contribution < 1.29 is 19.4 Å². The third kappa shape index (κ3) is 5.94. The minimum Gasteiger partial charge on any atom is -0.492 e. The third-order valence-corrected chi connectivity index (χ3v) is 2.57. The fraction of sp³-hybridized carbons (Fsp3) is 0.500. The van der Waals surface area contributed by atoms with Crippen LogP contribution in [0.25, 0.3) is 0 Å². The zero-order chi connectivity index (χ0) is 14.1. The first kappa shape index (κ1) is 15.8. The van der Waals surface area contributed by atoms with Gasteiger partial charge in [-0.25, -0.2) is 4.79 Å². The number of halogens is 1. The van der Waals surface area contributed by atoms with Gasteiger partial charge in [-0.3, -0.25) is 0 Å². The topological polar surface area (TPSA) is 55.8 Å².